The van der Waals surface area contributed by atoms with Gasteiger partial charge in [0, 0.05) is 36.6 Å². The molecule has 0 N–H and O–H groups in total. The number of carbonyl (C=O) groups excluding carboxylic acids is 2. The zero-order valence-electron chi connectivity index (χ0n) is 25.4. The van der Waals surface area contributed by atoms with Crippen molar-refractivity contribution in [2.75, 3.05) is 32.7 Å². The maximum atomic E-state index is 14.2. The lowest BCUT2D eigenvalue weighted by molar-refractivity contribution is 0.0541. The van der Waals surface area contributed by atoms with Gasteiger partial charge in [-0.15, -0.1) is 0 Å². The Kier molecular flexibility index (Phi) is 8.18. The second kappa shape index (κ2) is 11.9. The zero-order chi connectivity index (χ0) is 30.3. The van der Waals surface area contributed by atoms with E-state index in [4.69, 9.17) is 4.74 Å². The highest BCUT2D eigenvalue weighted by Crippen LogP contribution is 2.37. The number of piperidine rings is 1. The minimum Gasteiger partial charge on any atom is -0.443 e. The van der Waals surface area contributed by atoms with Crippen LogP contribution >= 0.6 is 11.3 Å². The lowest BCUT2D eigenvalue weighted by Gasteiger charge is -2.34. The van der Waals surface area contributed by atoms with Crippen LogP contribution in [0.15, 0.2) is 65.4 Å². The van der Waals surface area contributed by atoms with Gasteiger partial charge in [0.05, 0.1) is 11.1 Å². The van der Waals surface area contributed by atoms with Crippen LogP contribution in [0.2, 0.25) is 0 Å². The standard InChI is InChI=1S/C35H40FN3O3S/c1-23-18-26-6-5-7-30(32(26)39(23)34(41)42-35(2,3)4)33(40)38-20-28(31(21-38)27-14-17-43-22-27)19-37-15-12-25(13-16-37)24-8-10-29(36)11-9-24/h5-11,14,17-18,22,25,28,31H,12-13,15-16,19-21H2,1-4H3/t28-,31+/m1/s1. The lowest BCUT2D eigenvalue weighted by atomic mass is 9.87. The highest BCUT2D eigenvalue weighted by atomic mass is 32.1. The fourth-order valence-electron chi connectivity index (χ4n) is 6.88. The molecule has 2 saturated heterocycles. The third-order valence-corrected chi connectivity index (χ3v) is 9.64. The van der Waals surface area contributed by atoms with Crippen LogP contribution in [0.25, 0.3) is 10.9 Å². The number of fused-ring (bicyclic) bond motifs is 1. The van der Waals surface area contributed by atoms with Crippen LogP contribution in [0.3, 0.4) is 0 Å². The molecule has 0 aliphatic carbocycles. The average molecular weight is 602 g/mol. The van der Waals surface area contributed by atoms with E-state index < -0.39 is 11.7 Å². The largest absolute Gasteiger partial charge is 0.443 e. The molecule has 2 atom stereocenters. The van der Waals surface area contributed by atoms with Gasteiger partial charge in [-0.2, -0.15) is 11.3 Å². The quantitative estimate of drug-likeness (QED) is 0.236. The van der Waals surface area contributed by atoms with Crippen molar-refractivity contribution >= 4 is 34.2 Å². The van der Waals surface area contributed by atoms with Crippen molar-refractivity contribution in [3.05, 3.63) is 93.6 Å². The number of amides is 1. The third kappa shape index (κ3) is 6.27. The van der Waals surface area contributed by atoms with Gasteiger partial charge in [0.2, 0.25) is 0 Å². The zero-order valence-corrected chi connectivity index (χ0v) is 26.2. The molecule has 226 valence electrons. The molecule has 0 saturated carbocycles. The number of aryl methyl sites for hydroxylation is 1. The minimum atomic E-state index is -0.650. The van der Waals surface area contributed by atoms with Crippen molar-refractivity contribution in [3.8, 4) is 0 Å². The molecule has 6 nitrogen and oxygen atoms in total. The number of hydrogen-bond donors (Lipinski definition) is 0. The summed E-state index contributed by atoms with van der Waals surface area (Å²) in [6.07, 6.45) is 1.62. The second-order valence-corrected chi connectivity index (χ2v) is 13.9. The van der Waals surface area contributed by atoms with Gasteiger partial charge in [0.25, 0.3) is 5.91 Å². The molecule has 2 aromatic carbocycles. The van der Waals surface area contributed by atoms with E-state index in [9.17, 15) is 14.0 Å². The predicted molar refractivity (Wildman–Crippen MR) is 170 cm³/mol. The first kappa shape index (κ1) is 29.6. The van der Waals surface area contributed by atoms with E-state index >= 15 is 0 Å². The molecule has 4 heterocycles. The van der Waals surface area contributed by atoms with Crippen LogP contribution in [0.5, 0.6) is 0 Å². The van der Waals surface area contributed by atoms with Crippen LogP contribution in [-0.2, 0) is 4.74 Å². The number of thiophene rings is 1. The molecule has 0 spiro atoms. The number of carbonyl (C=O) groups is 2. The number of rotatable bonds is 5. The third-order valence-electron chi connectivity index (χ3n) is 8.94. The molecular formula is C35H40FN3O3S. The number of likely N-dealkylation sites (tertiary alicyclic amines) is 2. The summed E-state index contributed by atoms with van der Waals surface area (Å²) >= 11 is 1.70. The number of para-hydroxylation sites is 1. The Balaban J connectivity index is 1.22. The second-order valence-electron chi connectivity index (χ2n) is 13.1. The van der Waals surface area contributed by atoms with Crippen molar-refractivity contribution in [1.29, 1.82) is 0 Å². The summed E-state index contributed by atoms with van der Waals surface area (Å²) in [5, 5.41) is 5.18. The normalized spacial score (nSPS) is 20.2. The Morgan fingerprint density at radius 3 is 2.42 bits per heavy atom. The van der Waals surface area contributed by atoms with E-state index in [-0.39, 0.29) is 17.6 Å². The summed E-state index contributed by atoms with van der Waals surface area (Å²) in [6.45, 7) is 11.6. The number of hydrogen-bond acceptors (Lipinski definition) is 5. The summed E-state index contributed by atoms with van der Waals surface area (Å²) in [4.78, 5) is 32.0. The fourth-order valence-corrected chi connectivity index (χ4v) is 7.61. The summed E-state index contributed by atoms with van der Waals surface area (Å²) < 4.78 is 20.7. The van der Waals surface area contributed by atoms with E-state index in [1.54, 1.807) is 28.0 Å². The molecule has 2 aromatic heterocycles. The Bertz CT molecular complexity index is 1600. The summed E-state index contributed by atoms with van der Waals surface area (Å²) in [5.74, 6) is 0.774. The maximum absolute atomic E-state index is 14.2. The first-order valence-electron chi connectivity index (χ1n) is 15.2. The van der Waals surface area contributed by atoms with Crippen LogP contribution < -0.4 is 0 Å². The van der Waals surface area contributed by atoms with Gasteiger partial charge in [-0.1, -0.05) is 24.3 Å². The minimum absolute atomic E-state index is 0.0498. The fraction of sp³-hybridized carbons (Fsp3) is 0.429. The Hall–Kier alpha value is -3.49. The van der Waals surface area contributed by atoms with Gasteiger partial charge in [-0.05, 0) is 118 Å². The molecule has 0 radical (unpaired) electrons. The van der Waals surface area contributed by atoms with Crippen LogP contribution in [0, 0.1) is 18.7 Å². The molecule has 2 aliphatic heterocycles. The number of halogens is 1. The SMILES string of the molecule is Cc1cc2cccc(C(=O)N3C[C@@H](CN4CCC(c5ccc(F)cc5)CC4)[C@H](c4ccsc4)C3)c2n1C(=O)OC(C)(C)C. The van der Waals surface area contributed by atoms with Crippen LogP contribution in [-0.4, -0.2) is 64.7 Å². The molecular weight excluding hydrogens is 561 g/mol. The number of ether oxygens (including phenoxy) is 1. The Morgan fingerprint density at radius 2 is 1.74 bits per heavy atom. The van der Waals surface area contributed by atoms with E-state index in [1.807, 2.05) is 69.0 Å². The van der Waals surface area contributed by atoms with Gasteiger partial charge >= 0.3 is 6.09 Å². The monoisotopic (exact) mass is 601 g/mol. The molecule has 0 unspecified atom stereocenters. The van der Waals surface area contributed by atoms with Gasteiger partial charge in [0.1, 0.15) is 11.4 Å². The summed E-state index contributed by atoms with van der Waals surface area (Å²) in [6, 6.07) is 16.8. The smallest absolute Gasteiger partial charge is 0.419 e. The van der Waals surface area contributed by atoms with Gasteiger partial charge in [-0.25, -0.2) is 13.8 Å². The molecule has 8 heteroatoms. The van der Waals surface area contributed by atoms with Gasteiger partial charge in [-0.3, -0.25) is 4.79 Å². The van der Waals surface area contributed by atoms with Crippen molar-refractivity contribution in [1.82, 2.24) is 14.4 Å². The number of nitrogens with zero attached hydrogens (tertiary/aromatic N) is 3. The number of benzene rings is 2. The number of aromatic nitrogens is 1. The van der Waals surface area contributed by atoms with E-state index in [0.717, 1.165) is 43.6 Å². The predicted octanol–water partition coefficient (Wildman–Crippen LogP) is 7.67. The Morgan fingerprint density at radius 1 is 1.00 bits per heavy atom. The van der Waals surface area contributed by atoms with Crippen LogP contribution in [0.4, 0.5) is 9.18 Å². The van der Waals surface area contributed by atoms with Crippen molar-refractivity contribution in [2.45, 2.75) is 58.0 Å². The molecule has 1 amide bonds. The molecule has 0 bridgehead atoms. The van der Waals surface area contributed by atoms with E-state index in [0.29, 0.717) is 36.0 Å². The van der Waals surface area contributed by atoms with Crippen molar-refractivity contribution in [2.24, 2.45) is 5.92 Å². The topological polar surface area (TPSA) is 54.8 Å². The van der Waals surface area contributed by atoms with E-state index in [1.165, 1.54) is 11.1 Å². The summed E-state index contributed by atoms with van der Waals surface area (Å²) in [7, 11) is 0. The Labute approximate surface area is 257 Å². The molecule has 6 rings (SSSR count). The van der Waals surface area contributed by atoms with Gasteiger partial charge in [0.15, 0.2) is 0 Å². The molecule has 4 aromatic rings. The molecule has 2 fully saturated rings. The summed E-state index contributed by atoms with van der Waals surface area (Å²) in [5.41, 5.74) is 3.73. The maximum Gasteiger partial charge on any atom is 0.419 e. The van der Waals surface area contributed by atoms with Crippen LogP contribution in [0.1, 0.15) is 72.6 Å². The first-order chi connectivity index (χ1) is 20.6. The van der Waals surface area contributed by atoms with Crippen molar-refractivity contribution in [3.63, 3.8) is 0 Å². The average Bonchev–Trinajstić information content (AvgIpc) is 3.71. The highest BCUT2D eigenvalue weighted by Gasteiger charge is 2.39. The first-order valence-corrected chi connectivity index (χ1v) is 16.2. The van der Waals surface area contributed by atoms with E-state index in [2.05, 4.69) is 21.7 Å². The van der Waals surface area contributed by atoms with Crippen molar-refractivity contribution < 1.29 is 18.7 Å². The highest BCUT2D eigenvalue weighted by molar-refractivity contribution is 7.08. The molecule has 43 heavy (non-hydrogen) atoms. The van der Waals surface area contributed by atoms with Gasteiger partial charge < -0.3 is 14.5 Å². The lowest BCUT2D eigenvalue weighted by Crippen LogP contribution is -2.38. The molecule has 2 aliphatic rings.